The van der Waals surface area contributed by atoms with Crippen molar-refractivity contribution in [3.05, 3.63) is 129 Å². The Balaban J connectivity index is 1.61. The summed E-state index contributed by atoms with van der Waals surface area (Å²) < 4.78 is 27.2. The molecule has 4 rings (SSSR count). The number of hydrogen-bond donors (Lipinski definition) is 2. The normalized spacial score (nSPS) is 10.8. The van der Waals surface area contributed by atoms with E-state index in [4.69, 9.17) is 23.2 Å². The number of hydrogen-bond acceptors (Lipinski definition) is 3. The summed E-state index contributed by atoms with van der Waals surface area (Å²) in [6, 6.07) is 21.5. The first-order chi connectivity index (χ1) is 20.1. The van der Waals surface area contributed by atoms with Crippen LogP contribution in [-0.4, -0.2) is 40.9 Å². The molecule has 216 valence electrons. The van der Waals surface area contributed by atoms with Crippen LogP contribution in [-0.2, 0) is 17.8 Å². The van der Waals surface area contributed by atoms with E-state index in [1.807, 2.05) is 0 Å². The van der Waals surface area contributed by atoms with Crippen LogP contribution >= 0.6 is 23.2 Å². The molecule has 2 N–H and O–H groups in total. The minimum Gasteiger partial charge on any atom is -0.481 e. The zero-order valence-electron chi connectivity index (χ0n) is 22.2. The molecular weight excluding hydrogens is 585 g/mol. The van der Waals surface area contributed by atoms with Crippen molar-refractivity contribution >= 4 is 41.0 Å². The van der Waals surface area contributed by atoms with Crippen LogP contribution in [0.25, 0.3) is 11.1 Å². The Bertz CT molecular complexity index is 1610. The van der Waals surface area contributed by atoms with Crippen LogP contribution in [0.1, 0.15) is 38.3 Å². The number of carbonyl (C=O) groups excluding carboxylic acids is 2. The van der Waals surface area contributed by atoms with E-state index in [2.05, 4.69) is 5.32 Å². The fourth-order valence-corrected chi connectivity index (χ4v) is 5.01. The topological polar surface area (TPSA) is 86.7 Å². The van der Waals surface area contributed by atoms with Gasteiger partial charge in [-0.25, -0.2) is 8.78 Å². The minimum absolute atomic E-state index is 0.0416. The van der Waals surface area contributed by atoms with Gasteiger partial charge in [0, 0.05) is 46.9 Å². The molecule has 0 fully saturated rings. The summed E-state index contributed by atoms with van der Waals surface area (Å²) in [5, 5.41) is 12.9. The molecule has 42 heavy (non-hydrogen) atoms. The largest absolute Gasteiger partial charge is 0.481 e. The second-order valence-electron chi connectivity index (χ2n) is 9.47. The number of halogens is 4. The molecule has 0 saturated carbocycles. The molecule has 0 radical (unpaired) electrons. The lowest BCUT2D eigenvalue weighted by Crippen LogP contribution is -2.35. The molecule has 0 bridgehead atoms. The standard InChI is InChI=1S/C32H26Cl2F2N2O4/c33-22-10-9-21(29(34)17-22)11-13-38(14-12-30(39)40)32(42)28-8-4-2-6-26(28)25-5-1-3-7-27(25)31(41)37-19-20-15-23(35)18-24(36)16-20/h1-10,15-18H,11-14,19H2,(H,37,41)(H,39,40). The van der Waals surface area contributed by atoms with Crippen molar-refractivity contribution in [3.63, 3.8) is 0 Å². The Morgan fingerprint density at radius 1 is 0.786 bits per heavy atom. The van der Waals surface area contributed by atoms with E-state index in [0.717, 1.165) is 23.8 Å². The van der Waals surface area contributed by atoms with Crippen molar-refractivity contribution in [3.8, 4) is 11.1 Å². The zero-order chi connectivity index (χ0) is 30.2. The van der Waals surface area contributed by atoms with Crippen LogP contribution in [0.15, 0.2) is 84.9 Å². The van der Waals surface area contributed by atoms with Crippen molar-refractivity contribution in [1.29, 1.82) is 0 Å². The first kappa shape index (κ1) is 30.7. The number of carboxylic acids is 1. The number of nitrogens with one attached hydrogen (secondary N) is 1. The number of carboxylic acid groups (broad SMARTS) is 1. The van der Waals surface area contributed by atoms with Crippen LogP contribution < -0.4 is 5.32 Å². The first-order valence-electron chi connectivity index (χ1n) is 13.0. The maximum absolute atomic E-state index is 13.9. The third-order valence-corrected chi connectivity index (χ3v) is 7.13. The van der Waals surface area contributed by atoms with Crippen LogP contribution in [0.4, 0.5) is 8.78 Å². The van der Waals surface area contributed by atoms with Crippen LogP contribution in [0.2, 0.25) is 10.0 Å². The Morgan fingerprint density at radius 3 is 2.05 bits per heavy atom. The van der Waals surface area contributed by atoms with E-state index in [1.54, 1.807) is 66.7 Å². The molecule has 0 aliphatic carbocycles. The van der Waals surface area contributed by atoms with Crippen molar-refractivity contribution in [2.75, 3.05) is 13.1 Å². The summed E-state index contributed by atoms with van der Waals surface area (Å²) in [7, 11) is 0. The van der Waals surface area contributed by atoms with E-state index < -0.39 is 29.4 Å². The Kier molecular flexibility index (Phi) is 10.3. The van der Waals surface area contributed by atoms with Gasteiger partial charge in [0.25, 0.3) is 11.8 Å². The first-order valence-corrected chi connectivity index (χ1v) is 13.7. The monoisotopic (exact) mass is 610 g/mol. The highest BCUT2D eigenvalue weighted by atomic mass is 35.5. The predicted molar refractivity (Wildman–Crippen MR) is 158 cm³/mol. The highest BCUT2D eigenvalue weighted by molar-refractivity contribution is 6.35. The van der Waals surface area contributed by atoms with Crippen LogP contribution in [0, 0.1) is 11.6 Å². The molecule has 6 nitrogen and oxygen atoms in total. The molecule has 0 atom stereocenters. The molecule has 0 aliphatic rings. The quantitative estimate of drug-likeness (QED) is 0.191. The van der Waals surface area contributed by atoms with Gasteiger partial charge in [0.15, 0.2) is 0 Å². The van der Waals surface area contributed by atoms with E-state index in [1.165, 1.54) is 4.90 Å². The lowest BCUT2D eigenvalue weighted by atomic mass is 9.94. The zero-order valence-corrected chi connectivity index (χ0v) is 23.8. The number of rotatable bonds is 11. The molecule has 0 aromatic heterocycles. The van der Waals surface area contributed by atoms with Gasteiger partial charge in [-0.2, -0.15) is 0 Å². The van der Waals surface area contributed by atoms with Crippen LogP contribution in [0.3, 0.4) is 0 Å². The van der Waals surface area contributed by atoms with Gasteiger partial charge in [-0.3, -0.25) is 14.4 Å². The molecule has 10 heteroatoms. The Hall–Kier alpha value is -4.27. The highest BCUT2D eigenvalue weighted by Gasteiger charge is 2.23. The summed E-state index contributed by atoms with van der Waals surface area (Å²) in [6.45, 7) is 0.0345. The van der Waals surface area contributed by atoms with Crippen molar-refractivity contribution in [2.45, 2.75) is 19.4 Å². The summed E-state index contributed by atoms with van der Waals surface area (Å²) in [4.78, 5) is 39.9. The second-order valence-corrected chi connectivity index (χ2v) is 10.3. The molecule has 0 spiro atoms. The van der Waals surface area contributed by atoms with E-state index in [0.29, 0.717) is 27.6 Å². The van der Waals surface area contributed by atoms with Crippen molar-refractivity contribution in [2.24, 2.45) is 0 Å². The second kappa shape index (κ2) is 14.1. The Labute approximate surface area is 251 Å². The molecule has 0 saturated heterocycles. The summed E-state index contributed by atoms with van der Waals surface area (Å²) in [5.41, 5.74) is 2.46. The van der Waals surface area contributed by atoms with E-state index in [9.17, 15) is 28.3 Å². The van der Waals surface area contributed by atoms with Gasteiger partial charge < -0.3 is 15.3 Å². The lowest BCUT2D eigenvalue weighted by Gasteiger charge is -2.24. The van der Waals surface area contributed by atoms with Crippen molar-refractivity contribution < 1.29 is 28.3 Å². The minimum atomic E-state index is -1.05. The van der Waals surface area contributed by atoms with Gasteiger partial charge in [0.05, 0.1) is 6.42 Å². The summed E-state index contributed by atoms with van der Waals surface area (Å²) in [5.74, 6) is -3.47. The molecule has 4 aromatic carbocycles. The maximum Gasteiger partial charge on any atom is 0.305 e. The number of amides is 2. The molecule has 0 unspecified atom stereocenters. The van der Waals surface area contributed by atoms with Crippen molar-refractivity contribution in [1.82, 2.24) is 10.2 Å². The SMILES string of the molecule is O=C(O)CCN(CCc1ccc(Cl)cc1Cl)C(=O)c1ccccc1-c1ccccc1C(=O)NCc1cc(F)cc(F)c1. The van der Waals surface area contributed by atoms with Gasteiger partial charge in [0.1, 0.15) is 11.6 Å². The third kappa shape index (κ3) is 7.93. The van der Waals surface area contributed by atoms with Crippen LogP contribution in [0.5, 0.6) is 0 Å². The van der Waals surface area contributed by atoms with Gasteiger partial charge in [-0.1, -0.05) is 65.7 Å². The average Bonchev–Trinajstić information content (AvgIpc) is 2.96. The maximum atomic E-state index is 13.9. The smallest absolute Gasteiger partial charge is 0.305 e. The number of nitrogens with zero attached hydrogens (tertiary/aromatic N) is 1. The molecular formula is C32H26Cl2F2N2O4. The average molecular weight is 611 g/mol. The Morgan fingerprint density at radius 2 is 1.40 bits per heavy atom. The van der Waals surface area contributed by atoms with Gasteiger partial charge in [-0.15, -0.1) is 0 Å². The van der Waals surface area contributed by atoms with E-state index >= 15 is 0 Å². The third-order valence-electron chi connectivity index (χ3n) is 6.54. The highest BCUT2D eigenvalue weighted by Crippen LogP contribution is 2.29. The summed E-state index contributed by atoms with van der Waals surface area (Å²) >= 11 is 12.3. The lowest BCUT2D eigenvalue weighted by molar-refractivity contribution is -0.137. The molecule has 2 amide bonds. The summed E-state index contributed by atoms with van der Waals surface area (Å²) in [6.07, 6.45) is 0.102. The fourth-order valence-electron chi connectivity index (χ4n) is 4.51. The number of benzene rings is 4. The van der Waals surface area contributed by atoms with E-state index in [-0.39, 0.29) is 42.7 Å². The fraction of sp³-hybridized carbons (Fsp3) is 0.156. The number of carbonyl (C=O) groups is 3. The molecule has 0 aliphatic heterocycles. The van der Waals surface area contributed by atoms with Gasteiger partial charge >= 0.3 is 5.97 Å². The predicted octanol–water partition coefficient (Wildman–Crippen LogP) is 7.03. The van der Waals surface area contributed by atoms with Gasteiger partial charge in [-0.05, 0) is 65.1 Å². The molecule has 4 aromatic rings. The number of aliphatic carboxylic acids is 1. The van der Waals surface area contributed by atoms with Gasteiger partial charge in [0.2, 0.25) is 0 Å². The molecule has 0 heterocycles.